The molecule has 1 atom stereocenters. The fourth-order valence-corrected chi connectivity index (χ4v) is 4.49. The molecule has 0 bridgehead atoms. The number of carbonyl (C=O) groups is 1. The molecule has 0 aliphatic rings. The molecule has 1 aromatic heterocycles. The van der Waals surface area contributed by atoms with Gasteiger partial charge in [0.15, 0.2) is 0 Å². The molecule has 5 nitrogen and oxygen atoms in total. The molecule has 0 aliphatic heterocycles. The van der Waals surface area contributed by atoms with Crippen LogP contribution in [0, 0.1) is 0 Å². The van der Waals surface area contributed by atoms with Gasteiger partial charge in [0.25, 0.3) is 0 Å². The third-order valence-corrected chi connectivity index (χ3v) is 6.12. The van der Waals surface area contributed by atoms with E-state index in [2.05, 4.69) is 0 Å². The van der Waals surface area contributed by atoms with E-state index in [1.807, 2.05) is 0 Å². The van der Waals surface area contributed by atoms with E-state index in [1.54, 1.807) is 19.9 Å². The van der Waals surface area contributed by atoms with Crippen molar-refractivity contribution in [3.8, 4) is 0 Å². The highest BCUT2D eigenvalue weighted by molar-refractivity contribution is 7.54. The largest absolute Gasteiger partial charge is 0.477 e. The normalized spacial score (nSPS) is 13.4. The Labute approximate surface area is 131 Å². The molecule has 0 aliphatic carbocycles. The molecule has 0 radical (unpaired) electrons. The predicted molar refractivity (Wildman–Crippen MR) is 83.5 cm³/mol. The first kappa shape index (κ1) is 17.1. The summed E-state index contributed by atoms with van der Waals surface area (Å²) in [6.07, 6.45) is 0. The van der Waals surface area contributed by atoms with Crippen molar-refractivity contribution < 1.29 is 27.9 Å². The number of carboxylic acids is 1. The van der Waals surface area contributed by atoms with Crippen molar-refractivity contribution >= 4 is 35.0 Å². The van der Waals surface area contributed by atoms with Gasteiger partial charge in [-0.3, -0.25) is 4.57 Å². The van der Waals surface area contributed by atoms with Crippen LogP contribution in [0.25, 0.3) is 10.1 Å². The van der Waals surface area contributed by atoms with Gasteiger partial charge in [0.1, 0.15) is 4.88 Å². The van der Waals surface area contributed by atoms with E-state index in [4.69, 9.17) is 14.2 Å². The Balaban J connectivity index is 2.40. The SMILES string of the molecule is CCOP(=O)(OCC)[C@H](F)c1ccc2sc(C(=O)O)cc2c1. The standard InChI is InChI=1S/C14H16FO5PS/c1-3-19-21(18,20-4-2)13(15)9-5-6-11-10(7-9)8-12(22-11)14(16)17/h5-8,13H,3-4H2,1-2H3,(H,16,17)/t13-/m0/s1. The van der Waals surface area contributed by atoms with E-state index in [-0.39, 0.29) is 23.7 Å². The van der Waals surface area contributed by atoms with E-state index in [0.717, 1.165) is 16.0 Å². The minimum Gasteiger partial charge on any atom is -0.477 e. The van der Waals surface area contributed by atoms with E-state index in [0.29, 0.717) is 5.39 Å². The van der Waals surface area contributed by atoms with Crippen molar-refractivity contribution in [3.05, 3.63) is 34.7 Å². The number of rotatable bonds is 7. The molecule has 120 valence electrons. The van der Waals surface area contributed by atoms with Gasteiger partial charge in [0.05, 0.1) is 13.2 Å². The molecule has 0 saturated heterocycles. The van der Waals surface area contributed by atoms with Crippen LogP contribution < -0.4 is 0 Å². The molecule has 22 heavy (non-hydrogen) atoms. The molecular weight excluding hydrogens is 330 g/mol. The zero-order valence-electron chi connectivity index (χ0n) is 12.1. The number of aromatic carboxylic acids is 1. The molecule has 1 aromatic carbocycles. The number of fused-ring (bicyclic) bond motifs is 1. The Morgan fingerprint density at radius 2 is 1.95 bits per heavy atom. The lowest BCUT2D eigenvalue weighted by molar-refractivity contribution is 0.0702. The van der Waals surface area contributed by atoms with Crippen LogP contribution >= 0.6 is 18.9 Å². The maximum Gasteiger partial charge on any atom is 0.369 e. The zero-order chi connectivity index (χ0) is 16.3. The molecule has 0 fully saturated rings. The first-order chi connectivity index (χ1) is 10.4. The number of alkyl halides is 1. The summed E-state index contributed by atoms with van der Waals surface area (Å²) < 4.78 is 37.8. The molecule has 0 amide bonds. The smallest absolute Gasteiger partial charge is 0.369 e. The third-order valence-electron chi connectivity index (χ3n) is 2.92. The first-order valence-electron chi connectivity index (χ1n) is 6.71. The van der Waals surface area contributed by atoms with Gasteiger partial charge in [-0.1, -0.05) is 6.07 Å². The lowest BCUT2D eigenvalue weighted by Gasteiger charge is -2.20. The molecule has 0 unspecified atom stereocenters. The topological polar surface area (TPSA) is 72.8 Å². The fourth-order valence-electron chi connectivity index (χ4n) is 2.03. The van der Waals surface area contributed by atoms with Crippen molar-refractivity contribution in [1.82, 2.24) is 0 Å². The van der Waals surface area contributed by atoms with Gasteiger partial charge < -0.3 is 14.2 Å². The lowest BCUT2D eigenvalue weighted by Crippen LogP contribution is -2.02. The molecule has 1 N–H and O–H groups in total. The van der Waals surface area contributed by atoms with Crippen molar-refractivity contribution in [2.45, 2.75) is 19.8 Å². The Bertz CT molecular complexity index is 719. The number of halogens is 1. The minimum atomic E-state index is -3.90. The van der Waals surface area contributed by atoms with Crippen LogP contribution in [0.4, 0.5) is 4.39 Å². The number of hydrogen-bond donors (Lipinski definition) is 1. The van der Waals surface area contributed by atoms with Crippen molar-refractivity contribution in [2.24, 2.45) is 0 Å². The average Bonchev–Trinajstić information content (AvgIpc) is 2.90. The van der Waals surface area contributed by atoms with Crippen LogP contribution in [0.2, 0.25) is 0 Å². The van der Waals surface area contributed by atoms with Gasteiger partial charge in [-0.25, -0.2) is 9.18 Å². The van der Waals surface area contributed by atoms with Crippen LogP contribution in [0.3, 0.4) is 0 Å². The molecule has 8 heteroatoms. The predicted octanol–water partition coefficient (Wildman–Crippen LogP) is 4.83. The summed E-state index contributed by atoms with van der Waals surface area (Å²) in [6.45, 7) is 3.36. The highest BCUT2D eigenvalue weighted by Crippen LogP contribution is 2.61. The van der Waals surface area contributed by atoms with E-state index in [1.165, 1.54) is 18.2 Å². The van der Waals surface area contributed by atoms with E-state index in [9.17, 15) is 13.8 Å². The highest BCUT2D eigenvalue weighted by Gasteiger charge is 2.37. The van der Waals surface area contributed by atoms with Crippen molar-refractivity contribution in [2.75, 3.05) is 13.2 Å². The Kier molecular flexibility index (Phi) is 5.34. The number of hydrogen-bond acceptors (Lipinski definition) is 5. The highest BCUT2D eigenvalue weighted by atomic mass is 32.1. The van der Waals surface area contributed by atoms with Crippen LogP contribution in [0.5, 0.6) is 0 Å². The second-order valence-electron chi connectivity index (χ2n) is 4.42. The summed E-state index contributed by atoms with van der Waals surface area (Å²) in [5.74, 6) is -2.95. The molecule has 0 saturated carbocycles. The maximum atomic E-state index is 14.6. The molecule has 1 heterocycles. The van der Waals surface area contributed by atoms with E-state index >= 15 is 0 Å². The molecule has 2 rings (SSSR count). The summed E-state index contributed by atoms with van der Waals surface area (Å²) >= 11 is 1.10. The van der Waals surface area contributed by atoms with Gasteiger partial charge in [-0.2, -0.15) is 0 Å². The van der Waals surface area contributed by atoms with Gasteiger partial charge in [-0.05, 0) is 43.0 Å². The minimum absolute atomic E-state index is 0.0710. The summed E-state index contributed by atoms with van der Waals surface area (Å²) in [7, 11) is -3.90. The van der Waals surface area contributed by atoms with Gasteiger partial charge >= 0.3 is 13.6 Å². The van der Waals surface area contributed by atoms with Crippen molar-refractivity contribution in [3.63, 3.8) is 0 Å². The summed E-state index contributed by atoms with van der Waals surface area (Å²) in [5.41, 5.74) is 0.146. The summed E-state index contributed by atoms with van der Waals surface area (Å²) in [5, 5.41) is 9.57. The van der Waals surface area contributed by atoms with Gasteiger partial charge in [0.2, 0.25) is 5.91 Å². The summed E-state index contributed by atoms with van der Waals surface area (Å²) in [4.78, 5) is 11.1. The molecule has 0 spiro atoms. The second-order valence-corrected chi connectivity index (χ2v) is 7.56. The van der Waals surface area contributed by atoms with Crippen LogP contribution in [-0.2, 0) is 13.6 Å². The Morgan fingerprint density at radius 1 is 1.32 bits per heavy atom. The van der Waals surface area contributed by atoms with Crippen LogP contribution in [0.15, 0.2) is 24.3 Å². The quantitative estimate of drug-likeness (QED) is 0.727. The Hall–Kier alpha value is -1.27. The summed E-state index contributed by atoms with van der Waals surface area (Å²) in [6, 6.07) is 6.02. The van der Waals surface area contributed by atoms with E-state index < -0.39 is 19.5 Å². The van der Waals surface area contributed by atoms with Crippen molar-refractivity contribution in [1.29, 1.82) is 0 Å². The maximum absolute atomic E-state index is 14.6. The average molecular weight is 346 g/mol. The monoisotopic (exact) mass is 346 g/mol. The third kappa shape index (κ3) is 3.38. The number of thiophene rings is 1. The lowest BCUT2D eigenvalue weighted by atomic mass is 10.2. The number of benzene rings is 1. The number of carboxylic acid groups (broad SMARTS) is 1. The van der Waals surface area contributed by atoms with Gasteiger partial charge in [0, 0.05) is 4.70 Å². The van der Waals surface area contributed by atoms with Crippen LogP contribution in [0.1, 0.15) is 35.0 Å². The molecule has 2 aromatic rings. The first-order valence-corrected chi connectivity index (χ1v) is 9.13. The fraction of sp³-hybridized carbons (Fsp3) is 0.357. The van der Waals surface area contributed by atoms with Crippen LogP contribution in [-0.4, -0.2) is 24.3 Å². The zero-order valence-corrected chi connectivity index (χ0v) is 13.8. The van der Waals surface area contributed by atoms with Gasteiger partial charge in [-0.15, -0.1) is 11.3 Å². The second kappa shape index (κ2) is 6.87. The Morgan fingerprint density at radius 3 is 2.50 bits per heavy atom. The molecular formula is C14H16FO5PS.